The Bertz CT molecular complexity index is 515. The highest BCUT2D eigenvalue weighted by molar-refractivity contribution is 5.89. The SMILES string of the molecule is O=C(Cc1ccc(C(=O)OCC2CO2)cc1)OCC1CO1. The van der Waals surface area contributed by atoms with Crippen LogP contribution in [0.4, 0.5) is 0 Å². The first-order valence-corrected chi connectivity index (χ1v) is 6.85. The fourth-order valence-corrected chi connectivity index (χ4v) is 1.74. The summed E-state index contributed by atoms with van der Waals surface area (Å²) in [5.41, 5.74) is 1.25. The zero-order valence-electron chi connectivity index (χ0n) is 11.4. The second kappa shape index (κ2) is 6.24. The van der Waals surface area contributed by atoms with E-state index in [1.807, 2.05) is 0 Å². The van der Waals surface area contributed by atoms with Crippen molar-refractivity contribution in [2.75, 3.05) is 26.4 Å². The topological polar surface area (TPSA) is 77.7 Å². The summed E-state index contributed by atoms with van der Waals surface area (Å²) < 4.78 is 20.0. The van der Waals surface area contributed by atoms with Gasteiger partial charge in [0, 0.05) is 0 Å². The lowest BCUT2D eigenvalue weighted by atomic mass is 10.1. The molecule has 112 valence electrons. The van der Waals surface area contributed by atoms with Crippen LogP contribution in [0, 0.1) is 0 Å². The number of benzene rings is 1. The third-order valence-electron chi connectivity index (χ3n) is 3.17. The van der Waals surface area contributed by atoms with Crippen molar-refractivity contribution in [1.29, 1.82) is 0 Å². The van der Waals surface area contributed by atoms with Gasteiger partial charge in [-0.25, -0.2) is 4.79 Å². The van der Waals surface area contributed by atoms with E-state index in [0.29, 0.717) is 25.4 Å². The van der Waals surface area contributed by atoms with Crippen molar-refractivity contribution in [3.05, 3.63) is 35.4 Å². The number of hydrogen-bond acceptors (Lipinski definition) is 6. The van der Waals surface area contributed by atoms with Crippen LogP contribution in [0.5, 0.6) is 0 Å². The molecule has 2 fully saturated rings. The molecule has 2 heterocycles. The molecule has 0 radical (unpaired) electrons. The summed E-state index contributed by atoms with van der Waals surface area (Å²) in [4.78, 5) is 23.3. The van der Waals surface area contributed by atoms with Crippen molar-refractivity contribution in [2.24, 2.45) is 0 Å². The Morgan fingerprint density at radius 2 is 1.57 bits per heavy atom. The monoisotopic (exact) mass is 292 g/mol. The van der Waals surface area contributed by atoms with Gasteiger partial charge in [-0.2, -0.15) is 0 Å². The third-order valence-corrected chi connectivity index (χ3v) is 3.17. The Hall–Kier alpha value is -1.92. The molecule has 1 aromatic carbocycles. The largest absolute Gasteiger partial charge is 0.463 e. The van der Waals surface area contributed by atoms with Gasteiger partial charge in [0.1, 0.15) is 25.4 Å². The van der Waals surface area contributed by atoms with E-state index in [0.717, 1.165) is 5.56 Å². The van der Waals surface area contributed by atoms with Gasteiger partial charge in [-0.05, 0) is 17.7 Å². The minimum atomic E-state index is -0.384. The van der Waals surface area contributed by atoms with Gasteiger partial charge in [0.25, 0.3) is 0 Å². The zero-order chi connectivity index (χ0) is 14.7. The lowest BCUT2D eigenvalue weighted by molar-refractivity contribution is -0.143. The minimum Gasteiger partial charge on any atom is -0.463 e. The normalized spacial score (nSPS) is 22.5. The molecule has 21 heavy (non-hydrogen) atoms. The second-order valence-electron chi connectivity index (χ2n) is 5.07. The number of carbonyl (C=O) groups excluding carboxylic acids is 2. The fraction of sp³-hybridized carbons (Fsp3) is 0.467. The Balaban J connectivity index is 1.45. The molecule has 2 atom stereocenters. The molecule has 0 aliphatic carbocycles. The molecular formula is C15H16O6. The number of epoxide rings is 2. The van der Waals surface area contributed by atoms with E-state index in [4.69, 9.17) is 18.9 Å². The van der Waals surface area contributed by atoms with Crippen molar-refractivity contribution in [3.63, 3.8) is 0 Å². The first-order valence-electron chi connectivity index (χ1n) is 6.85. The van der Waals surface area contributed by atoms with Crippen LogP contribution in [0.1, 0.15) is 15.9 Å². The summed E-state index contributed by atoms with van der Waals surface area (Å²) in [6.07, 6.45) is 0.304. The summed E-state index contributed by atoms with van der Waals surface area (Å²) in [6, 6.07) is 6.73. The molecule has 3 rings (SSSR count). The van der Waals surface area contributed by atoms with Gasteiger partial charge >= 0.3 is 11.9 Å². The first-order chi connectivity index (χ1) is 10.2. The van der Waals surface area contributed by atoms with Crippen LogP contribution in [0.3, 0.4) is 0 Å². The first kappa shape index (κ1) is 14.0. The molecule has 2 unspecified atom stereocenters. The van der Waals surface area contributed by atoms with Gasteiger partial charge in [0.05, 0.1) is 25.2 Å². The highest BCUT2D eigenvalue weighted by atomic mass is 16.6. The number of esters is 2. The molecule has 2 aliphatic heterocycles. The average Bonchev–Trinajstić information content (AvgIpc) is 3.38. The lowest BCUT2D eigenvalue weighted by Crippen LogP contribution is -2.12. The lowest BCUT2D eigenvalue weighted by Gasteiger charge is -2.05. The Kier molecular flexibility index (Phi) is 4.17. The molecular weight excluding hydrogens is 276 g/mol. The fourth-order valence-electron chi connectivity index (χ4n) is 1.74. The van der Waals surface area contributed by atoms with Gasteiger partial charge in [-0.15, -0.1) is 0 Å². The van der Waals surface area contributed by atoms with Crippen LogP contribution in [-0.4, -0.2) is 50.6 Å². The van der Waals surface area contributed by atoms with Gasteiger partial charge in [0.2, 0.25) is 0 Å². The van der Waals surface area contributed by atoms with E-state index in [-0.39, 0.29) is 37.2 Å². The van der Waals surface area contributed by atoms with E-state index in [2.05, 4.69) is 0 Å². The highest BCUT2D eigenvalue weighted by Crippen LogP contribution is 2.12. The van der Waals surface area contributed by atoms with Crippen LogP contribution >= 0.6 is 0 Å². The maximum absolute atomic E-state index is 11.7. The number of hydrogen-bond donors (Lipinski definition) is 0. The van der Waals surface area contributed by atoms with E-state index < -0.39 is 0 Å². The third kappa shape index (κ3) is 4.54. The minimum absolute atomic E-state index is 0.0541. The van der Waals surface area contributed by atoms with Gasteiger partial charge in [-0.3, -0.25) is 4.79 Å². The van der Waals surface area contributed by atoms with Crippen molar-refractivity contribution in [3.8, 4) is 0 Å². The highest BCUT2D eigenvalue weighted by Gasteiger charge is 2.25. The van der Waals surface area contributed by atoms with Crippen molar-refractivity contribution in [2.45, 2.75) is 18.6 Å². The van der Waals surface area contributed by atoms with Crippen molar-refractivity contribution in [1.82, 2.24) is 0 Å². The molecule has 6 nitrogen and oxygen atoms in total. The summed E-state index contributed by atoms with van der Waals surface area (Å²) >= 11 is 0. The number of rotatable bonds is 7. The Morgan fingerprint density at radius 3 is 2.14 bits per heavy atom. The van der Waals surface area contributed by atoms with E-state index in [1.54, 1.807) is 24.3 Å². The predicted octanol–water partition coefficient (Wildman–Crippen LogP) is 0.727. The molecule has 0 bridgehead atoms. The predicted molar refractivity (Wildman–Crippen MR) is 70.9 cm³/mol. The standard InChI is InChI=1S/C15H16O6/c16-14(20-8-12-6-18-12)5-10-1-3-11(4-2-10)15(17)21-9-13-7-19-13/h1-4,12-13H,5-9H2. The van der Waals surface area contributed by atoms with Crippen molar-refractivity contribution >= 4 is 11.9 Å². The maximum Gasteiger partial charge on any atom is 0.338 e. The molecule has 0 N–H and O–H groups in total. The zero-order valence-corrected chi connectivity index (χ0v) is 11.4. The Morgan fingerprint density at radius 1 is 1.00 bits per heavy atom. The molecule has 2 saturated heterocycles. The van der Waals surface area contributed by atoms with Gasteiger partial charge in [0.15, 0.2) is 0 Å². The molecule has 2 aliphatic rings. The van der Waals surface area contributed by atoms with Crippen molar-refractivity contribution < 1.29 is 28.5 Å². The van der Waals surface area contributed by atoms with E-state index in [9.17, 15) is 9.59 Å². The molecule has 0 saturated carbocycles. The maximum atomic E-state index is 11.7. The molecule has 6 heteroatoms. The quantitative estimate of drug-likeness (QED) is 0.544. The van der Waals surface area contributed by atoms with Crippen LogP contribution < -0.4 is 0 Å². The van der Waals surface area contributed by atoms with Crippen LogP contribution in [-0.2, 0) is 30.2 Å². The van der Waals surface area contributed by atoms with Crippen LogP contribution in [0.25, 0.3) is 0 Å². The Labute approximate surface area is 121 Å². The number of carbonyl (C=O) groups is 2. The van der Waals surface area contributed by atoms with Gasteiger partial charge < -0.3 is 18.9 Å². The molecule has 0 amide bonds. The molecule has 0 spiro atoms. The van der Waals surface area contributed by atoms with Crippen LogP contribution in [0.2, 0.25) is 0 Å². The van der Waals surface area contributed by atoms with E-state index >= 15 is 0 Å². The summed E-state index contributed by atoms with van der Waals surface area (Å²) in [7, 11) is 0. The van der Waals surface area contributed by atoms with E-state index in [1.165, 1.54) is 0 Å². The molecule has 1 aromatic rings. The second-order valence-corrected chi connectivity index (χ2v) is 5.07. The summed E-state index contributed by atoms with van der Waals surface area (Å²) in [6.45, 7) is 1.92. The van der Waals surface area contributed by atoms with Crippen LogP contribution in [0.15, 0.2) is 24.3 Å². The molecule has 0 aromatic heterocycles. The summed E-state index contributed by atoms with van der Waals surface area (Å²) in [5, 5.41) is 0. The average molecular weight is 292 g/mol. The smallest absolute Gasteiger partial charge is 0.338 e. The summed E-state index contributed by atoms with van der Waals surface area (Å²) in [5.74, 6) is -0.683. The number of ether oxygens (including phenoxy) is 4. The van der Waals surface area contributed by atoms with Gasteiger partial charge in [-0.1, -0.05) is 12.1 Å².